The largest absolute Gasteiger partial charge is 0.382 e. The van der Waals surface area contributed by atoms with E-state index in [1.165, 1.54) is 5.56 Å². The van der Waals surface area contributed by atoms with Gasteiger partial charge in [-0.15, -0.1) is 0 Å². The molecule has 84 valence electrons. The van der Waals surface area contributed by atoms with Gasteiger partial charge in [0, 0.05) is 31.4 Å². The topological polar surface area (TPSA) is 57.9 Å². The highest BCUT2D eigenvalue weighted by molar-refractivity contribution is 5.77. The molecule has 0 aliphatic heterocycles. The van der Waals surface area contributed by atoms with E-state index in [1.54, 1.807) is 0 Å². The number of nitrogens with zero attached hydrogens (tertiary/aromatic N) is 2. The fourth-order valence-corrected chi connectivity index (χ4v) is 1.73. The van der Waals surface area contributed by atoms with Crippen LogP contribution in [-0.4, -0.2) is 24.3 Å². The highest BCUT2D eigenvalue weighted by atomic mass is 15.2. The maximum atomic E-state index is 5.62. The van der Waals surface area contributed by atoms with Crippen LogP contribution in [0, 0.1) is 6.92 Å². The smallest absolute Gasteiger partial charge is 0.145 e. The maximum absolute atomic E-state index is 5.62. The van der Waals surface area contributed by atoms with Crippen LogP contribution in [0.15, 0.2) is 24.3 Å². The molecule has 1 aromatic carbocycles. The molecule has 0 fully saturated rings. The van der Waals surface area contributed by atoms with Crippen molar-refractivity contribution in [2.24, 2.45) is 0 Å². The number of anilines is 2. The van der Waals surface area contributed by atoms with Gasteiger partial charge in [0.2, 0.25) is 0 Å². The molecular formula is C12H16N4. The van der Waals surface area contributed by atoms with Crippen molar-refractivity contribution in [2.45, 2.75) is 6.92 Å². The molecule has 0 atom stereocenters. The molecule has 0 unspecified atom stereocenters. The van der Waals surface area contributed by atoms with Crippen LogP contribution in [0.25, 0.3) is 11.3 Å². The van der Waals surface area contributed by atoms with E-state index in [9.17, 15) is 0 Å². The third-order valence-electron chi connectivity index (χ3n) is 2.52. The molecule has 0 amide bonds. The summed E-state index contributed by atoms with van der Waals surface area (Å²) in [6, 6.07) is 8.17. The second kappa shape index (κ2) is 3.89. The first-order valence-corrected chi connectivity index (χ1v) is 5.17. The Morgan fingerprint density at radius 3 is 2.56 bits per heavy atom. The number of benzene rings is 1. The molecule has 0 aliphatic carbocycles. The minimum Gasteiger partial charge on any atom is -0.382 e. The SMILES string of the molecule is Cc1ccc(N(C)C)c(-c2cc(N)n[nH]2)c1. The Hall–Kier alpha value is -1.97. The highest BCUT2D eigenvalue weighted by Gasteiger charge is 2.09. The van der Waals surface area contributed by atoms with E-state index in [0.717, 1.165) is 16.9 Å². The first kappa shape index (κ1) is 10.5. The van der Waals surface area contributed by atoms with Crippen LogP contribution in [0.3, 0.4) is 0 Å². The van der Waals surface area contributed by atoms with Gasteiger partial charge in [0.15, 0.2) is 0 Å². The Labute approximate surface area is 95.1 Å². The monoisotopic (exact) mass is 216 g/mol. The molecule has 4 nitrogen and oxygen atoms in total. The summed E-state index contributed by atoms with van der Waals surface area (Å²) in [5.74, 6) is 0.515. The average Bonchev–Trinajstić information content (AvgIpc) is 2.64. The van der Waals surface area contributed by atoms with Gasteiger partial charge in [0.1, 0.15) is 5.82 Å². The average molecular weight is 216 g/mol. The lowest BCUT2D eigenvalue weighted by Gasteiger charge is -2.17. The van der Waals surface area contributed by atoms with Crippen molar-refractivity contribution >= 4 is 11.5 Å². The normalized spacial score (nSPS) is 10.4. The molecule has 1 heterocycles. The van der Waals surface area contributed by atoms with Gasteiger partial charge in [0.05, 0.1) is 5.69 Å². The number of nitrogens with one attached hydrogen (secondary N) is 1. The number of nitrogen functional groups attached to an aromatic ring is 1. The number of hydrogen-bond acceptors (Lipinski definition) is 3. The molecule has 2 aromatic rings. The molecule has 0 bridgehead atoms. The van der Waals surface area contributed by atoms with Crippen molar-refractivity contribution in [1.29, 1.82) is 0 Å². The number of aromatic nitrogens is 2. The first-order valence-electron chi connectivity index (χ1n) is 5.17. The van der Waals surface area contributed by atoms with Gasteiger partial charge in [0.25, 0.3) is 0 Å². The van der Waals surface area contributed by atoms with Crippen molar-refractivity contribution in [2.75, 3.05) is 24.7 Å². The van der Waals surface area contributed by atoms with Crippen molar-refractivity contribution in [3.8, 4) is 11.3 Å². The molecule has 0 saturated heterocycles. The third kappa shape index (κ3) is 1.86. The van der Waals surface area contributed by atoms with Gasteiger partial charge in [-0.3, -0.25) is 5.10 Å². The molecule has 16 heavy (non-hydrogen) atoms. The lowest BCUT2D eigenvalue weighted by molar-refractivity contribution is 1.09. The zero-order chi connectivity index (χ0) is 11.7. The number of nitrogens with two attached hydrogens (primary N) is 1. The summed E-state index contributed by atoms with van der Waals surface area (Å²) in [6.07, 6.45) is 0. The molecule has 0 spiro atoms. The van der Waals surface area contributed by atoms with Gasteiger partial charge < -0.3 is 10.6 Å². The fourth-order valence-electron chi connectivity index (χ4n) is 1.73. The van der Waals surface area contributed by atoms with Crippen molar-refractivity contribution in [3.05, 3.63) is 29.8 Å². The van der Waals surface area contributed by atoms with Gasteiger partial charge >= 0.3 is 0 Å². The second-order valence-corrected chi connectivity index (χ2v) is 4.12. The van der Waals surface area contributed by atoms with Gasteiger partial charge in [-0.05, 0) is 19.1 Å². The minimum atomic E-state index is 0.515. The summed E-state index contributed by atoms with van der Waals surface area (Å²) in [5, 5.41) is 6.90. The molecule has 4 heteroatoms. The van der Waals surface area contributed by atoms with Crippen molar-refractivity contribution in [3.63, 3.8) is 0 Å². The van der Waals surface area contributed by atoms with E-state index in [2.05, 4.69) is 40.2 Å². The van der Waals surface area contributed by atoms with E-state index in [1.807, 2.05) is 20.2 Å². The van der Waals surface area contributed by atoms with Crippen LogP contribution < -0.4 is 10.6 Å². The Bertz CT molecular complexity index is 499. The quantitative estimate of drug-likeness (QED) is 0.807. The Morgan fingerprint density at radius 1 is 1.25 bits per heavy atom. The van der Waals surface area contributed by atoms with E-state index >= 15 is 0 Å². The van der Waals surface area contributed by atoms with Crippen LogP contribution in [-0.2, 0) is 0 Å². The van der Waals surface area contributed by atoms with Gasteiger partial charge in [-0.2, -0.15) is 5.10 Å². The molecular weight excluding hydrogens is 200 g/mol. The molecule has 0 aliphatic rings. The molecule has 0 saturated carbocycles. The fraction of sp³-hybridized carbons (Fsp3) is 0.250. The van der Waals surface area contributed by atoms with Gasteiger partial charge in [-0.1, -0.05) is 11.6 Å². The lowest BCUT2D eigenvalue weighted by atomic mass is 10.1. The van der Waals surface area contributed by atoms with Crippen LogP contribution in [0.2, 0.25) is 0 Å². The number of aromatic amines is 1. The van der Waals surface area contributed by atoms with Crippen molar-refractivity contribution < 1.29 is 0 Å². The summed E-state index contributed by atoms with van der Waals surface area (Å²) >= 11 is 0. The summed E-state index contributed by atoms with van der Waals surface area (Å²) in [6.45, 7) is 2.07. The van der Waals surface area contributed by atoms with Crippen LogP contribution in [0.5, 0.6) is 0 Å². The predicted molar refractivity (Wildman–Crippen MR) is 67.5 cm³/mol. The van der Waals surface area contributed by atoms with Crippen LogP contribution in [0.4, 0.5) is 11.5 Å². The van der Waals surface area contributed by atoms with E-state index in [0.29, 0.717) is 5.82 Å². The lowest BCUT2D eigenvalue weighted by Crippen LogP contribution is -2.10. The Morgan fingerprint density at radius 2 is 2.00 bits per heavy atom. The van der Waals surface area contributed by atoms with E-state index in [4.69, 9.17) is 5.73 Å². The first-order chi connectivity index (χ1) is 7.58. The number of rotatable bonds is 2. The maximum Gasteiger partial charge on any atom is 0.145 e. The summed E-state index contributed by atoms with van der Waals surface area (Å²) in [5.41, 5.74) is 10.1. The minimum absolute atomic E-state index is 0.515. The van der Waals surface area contributed by atoms with Gasteiger partial charge in [-0.25, -0.2) is 0 Å². The molecule has 1 aromatic heterocycles. The Balaban J connectivity index is 2.57. The Kier molecular flexibility index (Phi) is 2.56. The van der Waals surface area contributed by atoms with Crippen molar-refractivity contribution in [1.82, 2.24) is 10.2 Å². The van der Waals surface area contributed by atoms with Crippen LogP contribution in [0.1, 0.15) is 5.56 Å². The van der Waals surface area contributed by atoms with Crippen LogP contribution >= 0.6 is 0 Å². The molecule has 3 N–H and O–H groups in total. The summed E-state index contributed by atoms with van der Waals surface area (Å²) in [4.78, 5) is 2.08. The molecule has 0 radical (unpaired) electrons. The summed E-state index contributed by atoms with van der Waals surface area (Å²) < 4.78 is 0. The predicted octanol–water partition coefficient (Wildman–Crippen LogP) is 2.03. The third-order valence-corrected chi connectivity index (χ3v) is 2.52. The zero-order valence-electron chi connectivity index (χ0n) is 9.78. The molecule has 2 rings (SSSR count). The summed E-state index contributed by atoms with van der Waals surface area (Å²) in [7, 11) is 4.04. The zero-order valence-corrected chi connectivity index (χ0v) is 9.78. The van der Waals surface area contributed by atoms with E-state index < -0.39 is 0 Å². The number of H-pyrrole nitrogens is 1. The standard InChI is InChI=1S/C12H16N4/c1-8-4-5-11(16(2)3)9(6-8)10-7-12(13)15-14-10/h4-7H,1-3H3,(H3,13,14,15). The number of hydrogen-bond donors (Lipinski definition) is 2. The number of aryl methyl sites for hydroxylation is 1. The highest BCUT2D eigenvalue weighted by Crippen LogP contribution is 2.30. The van der Waals surface area contributed by atoms with E-state index in [-0.39, 0.29) is 0 Å². The second-order valence-electron chi connectivity index (χ2n) is 4.12.